The third-order valence-electron chi connectivity index (χ3n) is 5.66. The third kappa shape index (κ3) is 5.25. The van der Waals surface area contributed by atoms with Crippen LogP contribution in [-0.2, 0) is 6.42 Å². The number of ether oxygens (including phenoxy) is 2. The first-order valence-electron chi connectivity index (χ1n) is 10.8. The normalized spacial score (nSPS) is 15.6. The van der Waals surface area contributed by atoms with Gasteiger partial charge in [0, 0.05) is 17.2 Å². The number of rotatable bonds is 7. The molecule has 2 aromatic rings. The second kappa shape index (κ2) is 9.90. The van der Waals surface area contributed by atoms with Crippen molar-refractivity contribution < 1.29 is 34.7 Å². The Morgan fingerprint density at radius 1 is 1.06 bits per heavy atom. The Bertz CT molecular complexity index is 1100. The maximum Gasteiger partial charge on any atom is 0.202 e. The highest BCUT2D eigenvalue weighted by molar-refractivity contribution is 6.03. The van der Waals surface area contributed by atoms with E-state index in [4.69, 9.17) is 9.47 Å². The summed E-state index contributed by atoms with van der Waals surface area (Å²) < 4.78 is 10.8. The average molecular weight is 455 g/mol. The lowest BCUT2D eigenvalue weighted by atomic mass is 9.92. The zero-order chi connectivity index (χ0) is 24.3. The minimum absolute atomic E-state index is 0.0246. The van der Waals surface area contributed by atoms with Crippen LogP contribution in [0, 0.1) is 0 Å². The van der Waals surface area contributed by atoms with Crippen LogP contribution in [0.5, 0.6) is 34.5 Å². The largest absolute Gasteiger partial charge is 0.507 e. The van der Waals surface area contributed by atoms with E-state index in [2.05, 4.69) is 6.08 Å². The molecule has 0 aromatic heterocycles. The Balaban J connectivity index is 1.86. The molecule has 1 heterocycles. The van der Waals surface area contributed by atoms with Gasteiger partial charge in [0.05, 0.1) is 13.5 Å². The van der Waals surface area contributed by atoms with Crippen LogP contribution in [0.2, 0.25) is 0 Å². The smallest absolute Gasteiger partial charge is 0.202 e. The van der Waals surface area contributed by atoms with Gasteiger partial charge in [-0.15, -0.1) is 0 Å². The Hall–Kier alpha value is -3.61. The summed E-state index contributed by atoms with van der Waals surface area (Å²) >= 11 is 0. The summed E-state index contributed by atoms with van der Waals surface area (Å²) in [6.07, 6.45) is 5.23. The lowest BCUT2D eigenvalue weighted by Gasteiger charge is -2.27. The van der Waals surface area contributed by atoms with Gasteiger partial charge in [-0.1, -0.05) is 23.3 Å². The third-order valence-corrected chi connectivity index (χ3v) is 5.66. The summed E-state index contributed by atoms with van der Waals surface area (Å²) in [6.45, 7) is 6.09. The maximum atomic E-state index is 12.9. The van der Waals surface area contributed by atoms with Crippen LogP contribution in [0.3, 0.4) is 0 Å². The Morgan fingerprint density at radius 2 is 1.73 bits per heavy atom. The molecule has 3 rings (SSSR count). The fourth-order valence-electron chi connectivity index (χ4n) is 3.87. The van der Waals surface area contributed by atoms with E-state index >= 15 is 0 Å². The predicted octanol–water partition coefficient (Wildman–Crippen LogP) is 5.46. The van der Waals surface area contributed by atoms with Crippen molar-refractivity contribution in [2.75, 3.05) is 7.11 Å². The number of benzene rings is 2. The number of methoxy groups -OCH3 is 1. The Morgan fingerprint density at radius 3 is 2.33 bits per heavy atom. The predicted molar refractivity (Wildman–Crippen MR) is 125 cm³/mol. The fraction of sp³-hybridized carbons (Fsp3) is 0.346. The molecular formula is C26H30O7. The quantitative estimate of drug-likeness (QED) is 0.411. The molecule has 7 heteroatoms. The average Bonchev–Trinajstić information content (AvgIpc) is 2.72. The van der Waals surface area contributed by atoms with Crippen molar-refractivity contribution in [2.45, 2.75) is 52.6 Å². The van der Waals surface area contributed by atoms with Crippen LogP contribution in [0.1, 0.15) is 67.6 Å². The van der Waals surface area contributed by atoms with Crippen molar-refractivity contribution in [1.29, 1.82) is 0 Å². The zero-order valence-electron chi connectivity index (χ0n) is 19.3. The van der Waals surface area contributed by atoms with Crippen molar-refractivity contribution in [3.8, 4) is 34.5 Å². The molecule has 0 saturated carbocycles. The molecule has 0 saturated heterocycles. The molecule has 2 aromatic carbocycles. The first-order chi connectivity index (χ1) is 15.6. The minimum atomic E-state index is -0.811. The summed E-state index contributed by atoms with van der Waals surface area (Å²) in [5, 5.41) is 41.4. The molecule has 0 amide bonds. The van der Waals surface area contributed by atoms with Gasteiger partial charge in [-0.05, 0) is 52.2 Å². The van der Waals surface area contributed by atoms with Crippen LogP contribution in [-0.4, -0.2) is 33.3 Å². The van der Waals surface area contributed by atoms with Gasteiger partial charge in [0.1, 0.15) is 28.9 Å². The van der Waals surface area contributed by atoms with Crippen molar-refractivity contribution in [2.24, 2.45) is 0 Å². The van der Waals surface area contributed by atoms with E-state index in [1.807, 2.05) is 26.8 Å². The van der Waals surface area contributed by atoms with E-state index < -0.39 is 6.10 Å². The van der Waals surface area contributed by atoms with Crippen molar-refractivity contribution in [1.82, 2.24) is 0 Å². The van der Waals surface area contributed by atoms with Crippen LogP contribution in [0.4, 0.5) is 0 Å². The summed E-state index contributed by atoms with van der Waals surface area (Å²) in [7, 11) is 1.31. The SMILES string of the molecule is COc1c(O)cc(C2CC(=O)c3c(cc(O)c(CC=C(C)CCC=C(C)C)c3O)O2)cc1O. The standard InChI is InChI=1S/C26H30O7/c1-14(2)6-5-7-15(3)8-9-17-18(27)12-23-24(25(17)31)19(28)13-22(33-23)16-10-20(29)26(32-4)21(30)11-16/h6,8,10-12,22,27,29-31H,5,7,9,13H2,1-4H3. The van der Waals surface area contributed by atoms with Crippen LogP contribution in [0.25, 0.3) is 0 Å². The van der Waals surface area contributed by atoms with Gasteiger partial charge in [0.15, 0.2) is 17.3 Å². The molecule has 0 bridgehead atoms. The molecule has 176 valence electrons. The summed E-state index contributed by atoms with van der Waals surface area (Å²) in [5.74, 6) is -1.43. The van der Waals surface area contributed by atoms with Crippen molar-refractivity contribution in [3.63, 3.8) is 0 Å². The molecule has 0 aliphatic carbocycles. The van der Waals surface area contributed by atoms with Gasteiger partial charge in [-0.2, -0.15) is 0 Å². The van der Waals surface area contributed by atoms with Gasteiger partial charge in [-0.3, -0.25) is 4.79 Å². The van der Waals surface area contributed by atoms with E-state index in [1.54, 1.807) is 0 Å². The zero-order valence-corrected chi connectivity index (χ0v) is 19.3. The van der Waals surface area contributed by atoms with Crippen LogP contribution >= 0.6 is 0 Å². The number of allylic oxidation sites excluding steroid dienone is 4. The number of aromatic hydroxyl groups is 4. The first kappa shape index (κ1) is 24.0. The van der Waals surface area contributed by atoms with Gasteiger partial charge < -0.3 is 29.9 Å². The topological polar surface area (TPSA) is 116 Å². The number of hydrogen-bond donors (Lipinski definition) is 4. The number of hydrogen-bond acceptors (Lipinski definition) is 7. The van der Waals surface area contributed by atoms with E-state index in [0.29, 0.717) is 5.56 Å². The van der Waals surface area contributed by atoms with E-state index in [1.165, 1.54) is 30.9 Å². The molecule has 1 unspecified atom stereocenters. The number of Topliss-reactive ketones (excluding diaryl/α,β-unsaturated/α-hetero) is 1. The molecule has 7 nitrogen and oxygen atoms in total. The van der Waals surface area contributed by atoms with Crippen LogP contribution < -0.4 is 9.47 Å². The van der Waals surface area contributed by atoms with E-state index in [0.717, 1.165) is 18.4 Å². The summed E-state index contributed by atoms with van der Waals surface area (Å²) in [5.41, 5.74) is 3.03. The number of carbonyl (C=O) groups excluding carboxylic acids is 1. The number of carbonyl (C=O) groups is 1. The lowest BCUT2D eigenvalue weighted by molar-refractivity contribution is 0.0843. The number of fused-ring (bicyclic) bond motifs is 1. The number of phenols is 4. The molecule has 4 N–H and O–H groups in total. The highest BCUT2D eigenvalue weighted by Crippen LogP contribution is 2.46. The minimum Gasteiger partial charge on any atom is -0.507 e. The highest BCUT2D eigenvalue weighted by atomic mass is 16.5. The second-order valence-electron chi connectivity index (χ2n) is 8.50. The summed E-state index contributed by atoms with van der Waals surface area (Å²) in [6, 6.07) is 4.01. The van der Waals surface area contributed by atoms with Crippen LogP contribution in [0.15, 0.2) is 41.5 Å². The molecular weight excluding hydrogens is 424 g/mol. The molecule has 1 atom stereocenters. The van der Waals surface area contributed by atoms with Gasteiger partial charge >= 0.3 is 0 Å². The molecule has 33 heavy (non-hydrogen) atoms. The van der Waals surface area contributed by atoms with E-state index in [9.17, 15) is 25.2 Å². The van der Waals surface area contributed by atoms with Gasteiger partial charge in [0.2, 0.25) is 5.75 Å². The molecule has 0 spiro atoms. The first-order valence-corrected chi connectivity index (χ1v) is 10.8. The lowest BCUT2D eigenvalue weighted by Crippen LogP contribution is -2.21. The monoisotopic (exact) mass is 454 g/mol. The maximum absolute atomic E-state index is 12.9. The van der Waals surface area contributed by atoms with Crippen molar-refractivity contribution >= 4 is 5.78 Å². The highest BCUT2D eigenvalue weighted by Gasteiger charge is 2.33. The Kier molecular flexibility index (Phi) is 7.21. The molecule has 1 aliphatic rings. The van der Waals surface area contributed by atoms with Gasteiger partial charge in [-0.25, -0.2) is 0 Å². The molecule has 0 radical (unpaired) electrons. The Labute approximate surface area is 193 Å². The van der Waals surface area contributed by atoms with Crippen molar-refractivity contribution in [3.05, 3.63) is 58.2 Å². The second-order valence-corrected chi connectivity index (χ2v) is 8.50. The molecule has 1 aliphatic heterocycles. The van der Waals surface area contributed by atoms with Gasteiger partial charge in [0.25, 0.3) is 0 Å². The number of phenolic OH excluding ortho intramolecular Hbond substituents is 4. The fourth-order valence-corrected chi connectivity index (χ4v) is 3.87. The number of ketones is 1. The van der Waals surface area contributed by atoms with E-state index in [-0.39, 0.29) is 64.2 Å². The molecule has 0 fully saturated rings. The summed E-state index contributed by atoms with van der Waals surface area (Å²) in [4.78, 5) is 12.9.